The number of nitrogens with one attached hydrogen (secondary N) is 1. The van der Waals surface area contributed by atoms with E-state index in [0.29, 0.717) is 29.7 Å². The number of rotatable bonds is 4. The predicted molar refractivity (Wildman–Crippen MR) is 52.5 cm³/mol. The van der Waals surface area contributed by atoms with Gasteiger partial charge in [0.1, 0.15) is 5.15 Å². The Balaban J connectivity index is 3.06. The van der Waals surface area contributed by atoms with Crippen LogP contribution in [0.1, 0.15) is 34.8 Å². The lowest BCUT2D eigenvalue weighted by Gasteiger charge is -2.10. The van der Waals surface area contributed by atoms with Gasteiger partial charge in [0.05, 0.1) is 5.69 Å². The van der Waals surface area contributed by atoms with Crippen LogP contribution in [0.3, 0.4) is 0 Å². The van der Waals surface area contributed by atoms with Gasteiger partial charge in [-0.1, -0.05) is 11.6 Å². The van der Waals surface area contributed by atoms with Crippen LogP contribution in [0.5, 0.6) is 0 Å². The van der Waals surface area contributed by atoms with Crippen LogP contribution in [0, 0.1) is 6.92 Å². The van der Waals surface area contributed by atoms with E-state index in [2.05, 4.69) is 4.98 Å². The largest absolute Gasteiger partial charge is 0.364 e. The van der Waals surface area contributed by atoms with Gasteiger partial charge < -0.3 is 14.8 Å². The molecule has 0 saturated carbocycles. The highest BCUT2D eigenvalue weighted by molar-refractivity contribution is 6.30. The molecule has 0 bridgehead atoms. The minimum absolute atomic E-state index is 0.241. The number of aromatic nitrogens is 1. The number of H-pyrrole nitrogens is 1. The van der Waals surface area contributed by atoms with Crippen molar-refractivity contribution < 1.29 is 14.6 Å². The number of aromatic amines is 1. The van der Waals surface area contributed by atoms with E-state index in [9.17, 15) is 9.90 Å². The van der Waals surface area contributed by atoms with E-state index in [4.69, 9.17) is 16.3 Å². The van der Waals surface area contributed by atoms with Crippen LogP contribution >= 0.6 is 11.6 Å². The molecular formula is C9H12ClNO3. The van der Waals surface area contributed by atoms with Crippen molar-refractivity contribution >= 4 is 17.9 Å². The molecule has 78 valence electrons. The molecule has 1 atom stereocenters. The summed E-state index contributed by atoms with van der Waals surface area (Å²) in [6, 6.07) is 0. The van der Waals surface area contributed by atoms with Gasteiger partial charge in [0, 0.05) is 12.2 Å². The monoisotopic (exact) mass is 217 g/mol. The molecule has 1 heterocycles. The third-order valence-electron chi connectivity index (χ3n) is 1.98. The fraction of sp³-hybridized carbons (Fsp3) is 0.444. The Bertz CT molecular complexity index is 335. The maximum Gasteiger partial charge on any atom is 0.184 e. The minimum Gasteiger partial charge on any atom is -0.364 e. The van der Waals surface area contributed by atoms with Crippen molar-refractivity contribution in [2.45, 2.75) is 20.1 Å². The zero-order valence-corrected chi connectivity index (χ0v) is 8.76. The molecule has 0 aromatic carbocycles. The minimum atomic E-state index is -1.09. The summed E-state index contributed by atoms with van der Waals surface area (Å²) >= 11 is 5.81. The van der Waals surface area contributed by atoms with Crippen LogP contribution in [-0.2, 0) is 4.74 Å². The molecule has 14 heavy (non-hydrogen) atoms. The molecule has 4 nitrogen and oxygen atoms in total. The molecule has 0 aliphatic heterocycles. The first-order valence-corrected chi connectivity index (χ1v) is 4.62. The fourth-order valence-electron chi connectivity index (χ4n) is 1.24. The second-order valence-corrected chi connectivity index (χ2v) is 3.19. The quantitative estimate of drug-likeness (QED) is 0.597. The number of aliphatic hydroxyl groups excluding tert-OH is 1. The van der Waals surface area contributed by atoms with Gasteiger partial charge in [0.15, 0.2) is 12.6 Å². The number of halogens is 1. The molecule has 1 unspecified atom stereocenters. The molecule has 0 aliphatic carbocycles. The number of hydrogen-bond donors (Lipinski definition) is 2. The molecule has 0 fully saturated rings. The summed E-state index contributed by atoms with van der Waals surface area (Å²) in [5, 5.41) is 9.79. The van der Waals surface area contributed by atoms with E-state index >= 15 is 0 Å². The normalized spacial score (nSPS) is 12.9. The summed E-state index contributed by atoms with van der Waals surface area (Å²) < 4.78 is 4.98. The van der Waals surface area contributed by atoms with Gasteiger partial charge in [-0.25, -0.2) is 0 Å². The van der Waals surface area contributed by atoms with Crippen LogP contribution in [0.2, 0.25) is 5.15 Å². The molecule has 0 saturated heterocycles. The number of aliphatic hydroxyl groups is 1. The summed E-state index contributed by atoms with van der Waals surface area (Å²) in [5.74, 6) is 0. The van der Waals surface area contributed by atoms with E-state index in [1.807, 2.05) is 0 Å². The first kappa shape index (κ1) is 11.2. The summed E-state index contributed by atoms with van der Waals surface area (Å²) in [7, 11) is 0. The van der Waals surface area contributed by atoms with Crippen molar-refractivity contribution in [3.05, 3.63) is 22.0 Å². The van der Waals surface area contributed by atoms with Crippen molar-refractivity contribution in [2.75, 3.05) is 6.61 Å². The Hall–Kier alpha value is -0.840. The van der Waals surface area contributed by atoms with Gasteiger partial charge in [-0.15, -0.1) is 0 Å². The van der Waals surface area contributed by atoms with E-state index in [1.165, 1.54) is 0 Å². The highest BCUT2D eigenvalue weighted by atomic mass is 35.5. The van der Waals surface area contributed by atoms with Gasteiger partial charge in [-0.2, -0.15) is 0 Å². The summed E-state index contributed by atoms with van der Waals surface area (Å²) in [5.41, 5.74) is 1.41. The Kier molecular flexibility index (Phi) is 3.69. The Morgan fingerprint density at radius 1 is 1.71 bits per heavy atom. The first-order valence-electron chi connectivity index (χ1n) is 4.24. The lowest BCUT2D eigenvalue weighted by molar-refractivity contribution is -0.0981. The van der Waals surface area contributed by atoms with Crippen LogP contribution in [-0.4, -0.2) is 23.0 Å². The zero-order valence-electron chi connectivity index (χ0n) is 8.00. The molecule has 0 amide bonds. The van der Waals surface area contributed by atoms with Crippen molar-refractivity contribution in [3.63, 3.8) is 0 Å². The summed E-state index contributed by atoms with van der Waals surface area (Å²) in [6.07, 6.45) is -0.430. The third kappa shape index (κ3) is 1.97. The second-order valence-electron chi connectivity index (χ2n) is 2.82. The van der Waals surface area contributed by atoms with E-state index in [1.54, 1.807) is 13.8 Å². The van der Waals surface area contributed by atoms with Crippen LogP contribution in [0.25, 0.3) is 0 Å². The maximum absolute atomic E-state index is 10.6. The van der Waals surface area contributed by atoms with Crippen LogP contribution in [0.4, 0.5) is 0 Å². The van der Waals surface area contributed by atoms with Gasteiger partial charge >= 0.3 is 0 Å². The smallest absolute Gasteiger partial charge is 0.184 e. The predicted octanol–water partition coefficient (Wildman–Crippen LogP) is 1.82. The van der Waals surface area contributed by atoms with Crippen LogP contribution in [0.15, 0.2) is 0 Å². The first-order chi connectivity index (χ1) is 6.61. The SMILES string of the molecule is CCOC(O)c1c(Cl)[nH]c(C=O)c1C. The van der Waals surface area contributed by atoms with E-state index in [-0.39, 0.29) is 5.15 Å². The topological polar surface area (TPSA) is 62.3 Å². The molecule has 0 aliphatic rings. The molecule has 0 radical (unpaired) electrons. The second kappa shape index (κ2) is 4.59. The average molecular weight is 218 g/mol. The van der Waals surface area contributed by atoms with Gasteiger partial charge in [0.2, 0.25) is 0 Å². The van der Waals surface area contributed by atoms with Gasteiger partial charge in [0.25, 0.3) is 0 Å². The Morgan fingerprint density at radius 3 is 2.79 bits per heavy atom. The maximum atomic E-state index is 10.6. The van der Waals surface area contributed by atoms with Crippen LogP contribution < -0.4 is 0 Å². The van der Waals surface area contributed by atoms with Crippen molar-refractivity contribution in [2.24, 2.45) is 0 Å². The van der Waals surface area contributed by atoms with Crippen molar-refractivity contribution in [1.82, 2.24) is 4.98 Å². The Morgan fingerprint density at radius 2 is 2.36 bits per heavy atom. The van der Waals surface area contributed by atoms with E-state index < -0.39 is 6.29 Å². The zero-order chi connectivity index (χ0) is 10.7. The lowest BCUT2D eigenvalue weighted by Crippen LogP contribution is -2.03. The molecular weight excluding hydrogens is 206 g/mol. The highest BCUT2D eigenvalue weighted by Gasteiger charge is 2.19. The Labute approximate surface area is 86.8 Å². The highest BCUT2D eigenvalue weighted by Crippen LogP contribution is 2.28. The van der Waals surface area contributed by atoms with Gasteiger partial charge in [-0.3, -0.25) is 4.79 Å². The molecule has 1 aromatic rings. The molecule has 5 heteroatoms. The molecule has 1 rings (SSSR count). The standard InChI is InChI=1S/C9H12ClNO3/c1-3-14-9(13)7-5(2)6(4-12)11-8(7)10/h4,9,11,13H,3H2,1-2H3. The number of carbonyl (C=O) groups excluding carboxylic acids is 1. The van der Waals surface area contributed by atoms with Gasteiger partial charge in [-0.05, 0) is 19.4 Å². The summed E-state index contributed by atoms with van der Waals surface area (Å²) in [4.78, 5) is 13.2. The third-order valence-corrected chi connectivity index (χ3v) is 2.28. The summed E-state index contributed by atoms with van der Waals surface area (Å²) in [6.45, 7) is 3.84. The average Bonchev–Trinajstić information content (AvgIpc) is 2.41. The van der Waals surface area contributed by atoms with Crippen molar-refractivity contribution in [3.8, 4) is 0 Å². The number of carbonyl (C=O) groups is 1. The molecule has 1 aromatic heterocycles. The number of hydrogen-bond acceptors (Lipinski definition) is 3. The van der Waals surface area contributed by atoms with E-state index in [0.717, 1.165) is 0 Å². The molecule has 0 spiro atoms. The number of aldehydes is 1. The fourth-order valence-corrected chi connectivity index (χ4v) is 1.58. The number of ether oxygens (including phenoxy) is 1. The molecule has 2 N–H and O–H groups in total. The van der Waals surface area contributed by atoms with Crippen molar-refractivity contribution in [1.29, 1.82) is 0 Å². The lowest BCUT2D eigenvalue weighted by atomic mass is 10.1.